The third kappa shape index (κ3) is 6.84. The number of hydrogen-bond acceptors (Lipinski definition) is 8. The number of anilines is 3. The molecule has 9 nitrogen and oxygen atoms in total. The number of nitrogens with zero attached hydrogens (tertiary/aromatic N) is 5. The van der Waals surface area contributed by atoms with Crippen LogP contribution in [0.1, 0.15) is 31.2 Å². The van der Waals surface area contributed by atoms with E-state index in [2.05, 4.69) is 42.8 Å². The van der Waals surface area contributed by atoms with Crippen molar-refractivity contribution >= 4 is 47.8 Å². The summed E-state index contributed by atoms with van der Waals surface area (Å²) in [4.78, 5) is 30.9. The molecule has 1 saturated heterocycles. The van der Waals surface area contributed by atoms with Gasteiger partial charge in [0.1, 0.15) is 0 Å². The summed E-state index contributed by atoms with van der Waals surface area (Å²) in [5.74, 6) is 1.99. The lowest BCUT2D eigenvalue weighted by Crippen LogP contribution is -2.45. The van der Waals surface area contributed by atoms with Crippen molar-refractivity contribution in [1.29, 1.82) is 0 Å². The van der Waals surface area contributed by atoms with Crippen LogP contribution in [0.5, 0.6) is 0 Å². The maximum absolute atomic E-state index is 12.6. The fourth-order valence-corrected chi connectivity index (χ4v) is 4.54. The number of piperazine rings is 1. The summed E-state index contributed by atoms with van der Waals surface area (Å²) in [7, 11) is 3.95. The van der Waals surface area contributed by atoms with Crippen molar-refractivity contribution in [2.75, 3.05) is 55.8 Å². The Hall–Kier alpha value is -2.36. The third-order valence-corrected chi connectivity index (χ3v) is 6.84. The van der Waals surface area contributed by atoms with Gasteiger partial charge in [0.15, 0.2) is 0 Å². The molecule has 1 aromatic heterocycles. The van der Waals surface area contributed by atoms with Gasteiger partial charge in [-0.3, -0.25) is 4.79 Å². The number of carbonyl (C=O) groups is 1. The average molecular weight is 509 g/mol. The van der Waals surface area contributed by atoms with E-state index in [-0.39, 0.29) is 30.3 Å². The molecule has 0 bridgehead atoms. The van der Waals surface area contributed by atoms with Crippen LogP contribution >= 0.6 is 24.0 Å². The maximum atomic E-state index is 12.6. The van der Waals surface area contributed by atoms with E-state index in [1.807, 2.05) is 31.3 Å². The molecular weight excluding hydrogens is 475 g/mol. The summed E-state index contributed by atoms with van der Waals surface area (Å²) < 4.78 is 0. The Bertz CT molecular complexity index is 946. The van der Waals surface area contributed by atoms with Gasteiger partial charge >= 0.3 is 0 Å². The van der Waals surface area contributed by atoms with E-state index in [9.17, 15) is 4.79 Å². The van der Waals surface area contributed by atoms with Crippen molar-refractivity contribution < 1.29 is 4.79 Å². The van der Waals surface area contributed by atoms with Gasteiger partial charge in [-0.15, -0.1) is 12.4 Å². The van der Waals surface area contributed by atoms with E-state index in [0.29, 0.717) is 29.4 Å². The highest BCUT2D eigenvalue weighted by molar-refractivity contribution is 6.31. The molecule has 0 atom stereocenters. The predicted octanol–water partition coefficient (Wildman–Crippen LogP) is 3.03. The minimum atomic E-state index is 0. The molecule has 0 spiro atoms. The SMILES string of the molecule is CNc1nc(NC2CCC(C(=O)NCc3ccccc3Cl)CC2)nc(N2CCN(C)CC2)n1.Cl. The van der Waals surface area contributed by atoms with Gasteiger partial charge in [-0.2, -0.15) is 15.0 Å². The number of halogens is 2. The fourth-order valence-electron chi connectivity index (χ4n) is 4.34. The Labute approximate surface area is 212 Å². The van der Waals surface area contributed by atoms with Gasteiger partial charge in [0.25, 0.3) is 0 Å². The molecule has 0 radical (unpaired) electrons. The molecular formula is C23H34Cl2N8O. The van der Waals surface area contributed by atoms with Gasteiger partial charge in [-0.25, -0.2) is 0 Å². The molecule has 186 valence electrons. The molecule has 34 heavy (non-hydrogen) atoms. The number of aromatic nitrogens is 3. The van der Waals surface area contributed by atoms with E-state index < -0.39 is 0 Å². The first-order valence-corrected chi connectivity index (χ1v) is 12.0. The first kappa shape index (κ1) is 26.2. The molecule has 1 aliphatic heterocycles. The van der Waals surface area contributed by atoms with Crippen molar-refractivity contribution in [3.63, 3.8) is 0 Å². The van der Waals surface area contributed by atoms with Crippen LogP contribution in [0.2, 0.25) is 5.02 Å². The van der Waals surface area contributed by atoms with Crippen LogP contribution < -0.4 is 20.9 Å². The molecule has 2 aromatic rings. The molecule has 2 fully saturated rings. The third-order valence-electron chi connectivity index (χ3n) is 6.48. The van der Waals surface area contributed by atoms with Crippen molar-refractivity contribution in [1.82, 2.24) is 25.2 Å². The van der Waals surface area contributed by atoms with Crippen molar-refractivity contribution in [3.05, 3.63) is 34.9 Å². The lowest BCUT2D eigenvalue weighted by molar-refractivity contribution is -0.126. The summed E-state index contributed by atoms with van der Waals surface area (Å²) in [6.45, 7) is 4.25. The molecule has 3 N–H and O–H groups in total. The second-order valence-corrected chi connectivity index (χ2v) is 9.23. The van der Waals surface area contributed by atoms with Crippen LogP contribution in [0.3, 0.4) is 0 Å². The van der Waals surface area contributed by atoms with Crippen molar-refractivity contribution in [3.8, 4) is 0 Å². The standard InChI is InChI=1S/C23H33ClN8O.ClH/c1-25-21-28-22(30-23(29-21)32-13-11-31(2)12-14-32)27-18-9-7-16(8-10-18)20(33)26-15-17-5-3-4-6-19(17)24;/h3-6,16,18H,7-15H2,1-2H3,(H,26,33)(H2,25,27,28,29,30);1H. The zero-order valence-corrected chi connectivity index (χ0v) is 21.3. The quantitative estimate of drug-likeness (QED) is 0.524. The lowest BCUT2D eigenvalue weighted by atomic mass is 9.85. The average Bonchev–Trinajstić information content (AvgIpc) is 2.84. The number of likely N-dealkylation sites (N-methyl/N-ethyl adjacent to an activating group) is 1. The molecule has 1 aromatic carbocycles. The monoisotopic (exact) mass is 508 g/mol. The Morgan fingerprint density at radius 1 is 1.03 bits per heavy atom. The number of hydrogen-bond donors (Lipinski definition) is 3. The number of nitrogens with one attached hydrogen (secondary N) is 3. The first-order valence-electron chi connectivity index (χ1n) is 11.7. The van der Waals surface area contributed by atoms with Crippen LogP contribution in [0.4, 0.5) is 17.8 Å². The summed E-state index contributed by atoms with van der Waals surface area (Å²) >= 11 is 6.19. The largest absolute Gasteiger partial charge is 0.357 e. The molecule has 1 aliphatic carbocycles. The Morgan fingerprint density at radius 2 is 1.71 bits per heavy atom. The zero-order valence-electron chi connectivity index (χ0n) is 19.8. The van der Waals surface area contributed by atoms with Gasteiger partial charge in [0.2, 0.25) is 23.8 Å². The lowest BCUT2D eigenvalue weighted by Gasteiger charge is -2.33. The minimum absolute atomic E-state index is 0. The summed E-state index contributed by atoms with van der Waals surface area (Å²) in [5.41, 5.74) is 0.939. The van der Waals surface area contributed by atoms with E-state index in [0.717, 1.165) is 57.4 Å². The second kappa shape index (κ2) is 12.4. The van der Waals surface area contributed by atoms with E-state index in [1.54, 1.807) is 0 Å². The summed E-state index contributed by atoms with van der Waals surface area (Å²) in [5, 5.41) is 10.2. The minimum Gasteiger partial charge on any atom is -0.357 e. The highest BCUT2D eigenvalue weighted by Crippen LogP contribution is 2.27. The second-order valence-electron chi connectivity index (χ2n) is 8.83. The van der Waals surface area contributed by atoms with Gasteiger partial charge in [-0.1, -0.05) is 29.8 Å². The topological polar surface area (TPSA) is 98.3 Å². The summed E-state index contributed by atoms with van der Waals surface area (Å²) in [6, 6.07) is 7.84. The van der Waals surface area contributed by atoms with Crippen molar-refractivity contribution in [2.45, 2.75) is 38.3 Å². The van der Waals surface area contributed by atoms with Gasteiger partial charge in [-0.05, 0) is 44.4 Å². The number of benzene rings is 1. The van der Waals surface area contributed by atoms with E-state index in [1.165, 1.54) is 0 Å². The summed E-state index contributed by atoms with van der Waals surface area (Å²) in [6.07, 6.45) is 3.46. The fraction of sp³-hybridized carbons (Fsp3) is 0.565. The smallest absolute Gasteiger partial charge is 0.232 e. The molecule has 4 rings (SSSR count). The molecule has 1 amide bonds. The first-order chi connectivity index (χ1) is 16.0. The number of amides is 1. The van der Waals surface area contributed by atoms with Crippen LogP contribution in [0, 0.1) is 5.92 Å². The predicted molar refractivity (Wildman–Crippen MR) is 139 cm³/mol. The van der Waals surface area contributed by atoms with Crippen LogP contribution in [0.15, 0.2) is 24.3 Å². The Kier molecular flexibility index (Phi) is 9.55. The molecule has 0 unspecified atom stereocenters. The normalized spacial score (nSPS) is 20.9. The van der Waals surface area contributed by atoms with E-state index >= 15 is 0 Å². The van der Waals surface area contributed by atoms with Gasteiger partial charge < -0.3 is 25.8 Å². The number of carbonyl (C=O) groups excluding carboxylic acids is 1. The Balaban J connectivity index is 0.00000324. The van der Waals surface area contributed by atoms with Crippen LogP contribution in [-0.2, 0) is 11.3 Å². The maximum Gasteiger partial charge on any atom is 0.232 e. The zero-order chi connectivity index (χ0) is 23.2. The highest BCUT2D eigenvalue weighted by atomic mass is 35.5. The number of rotatable bonds is 7. The molecule has 1 saturated carbocycles. The van der Waals surface area contributed by atoms with Crippen LogP contribution in [0.25, 0.3) is 0 Å². The van der Waals surface area contributed by atoms with Crippen molar-refractivity contribution in [2.24, 2.45) is 5.92 Å². The molecule has 11 heteroatoms. The van der Waals surface area contributed by atoms with Gasteiger partial charge in [0, 0.05) is 56.8 Å². The van der Waals surface area contributed by atoms with E-state index in [4.69, 9.17) is 16.6 Å². The van der Waals surface area contributed by atoms with Gasteiger partial charge in [0.05, 0.1) is 0 Å². The molecule has 2 heterocycles. The van der Waals surface area contributed by atoms with Crippen LogP contribution in [-0.4, -0.2) is 72.1 Å². The highest BCUT2D eigenvalue weighted by Gasteiger charge is 2.27. The molecule has 2 aliphatic rings. The Morgan fingerprint density at radius 3 is 2.38 bits per heavy atom.